The number of rotatable bonds is 3. The van der Waals surface area contributed by atoms with Gasteiger partial charge in [0.2, 0.25) is 5.91 Å². The van der Waals surface area contributed by atoms with Gasteiger partial charge in [-0.1, -0.05) is 6.42 Å². The summed E-state index contributed by atoms with van der Waals surface area (Å²) in [6.07, 6.45) is 3.85. The Balaban J connectivity index is 2.68. The lowest BCUT2D eigenvalue weighted by Gasteiger charge is -2.34. The van der Waals surface area contributed by atoms with Crippen molar-refractivity contribution in [2.75, 3.05) is 27.2 Å². The summed E-state index contributed by atoms with van der Waals surface area (Å²) in [6.45, 7) is 2.02. The molecule has 4 heteroatoms. The largest absolute Gasteiger partial charge is 0.370 e. The van der Waals surface area contributed by atoms with Gasteiger partial charge in [0, 0.05) is 18.5 Å². The third-order valence-corrected chi connectivity index (χ3v) is 3.06. The SMILES string of the molecule is CNC1(CC(N)=O)CCCCN(C)C1. The number of likely N-dealkylation sites (N-methyl/N-ethyl adjacent to an activating group) is 2. The Labute approximate surface area is 85.8 Å². The summed E-state index contributed by atoms with van der Waals surface area (Å²) in [5, 5.41) is 3.28. The number of nitrogens with two attached hydrogens (primary N) is 1. The Kier molecular flexibility index (Phi) is 3.89. The van der Waals surface area contributed by atoms with Gasteiger partial charge in [-0.2, -0.15) is 0 Å². The Bertz CT molecular complexity index is 208. The monoisotopic (exact) mass is 199 g/mol. The fourth-order valence-corrected chi connectivity index (χ4v) is 2.29. The third-order valence-electron chi connectivity index (χ3n) is 3.06. The van der Waals surface area contributed by atoms with E-state index < -0.39 is 0 Å². The van der Waals surface area contributed by atoms with Crippen LogP contribution in [0.2, 0.25) is 0 Å². The minimum atomic E-state index is -0.213. The molecule has 1 fully saturated rings. The average Bonchev–Trinajstić information content (AvgIpc) is 2.27. The molecule has 0 aromatic rings. The zero-order valence-electron chi connectivity index (χ0n) is 9.18. The summed E-state index contributed by atoms with van der Waals surface area (Å²) in [7, 11) is 4.01. The second-order valence-corrected chi connectivity index (χ2v) is 4.37. The van der Waals surface area contributed by atoms with E-state index in [9.17, 15) is 4.79 Å². The number of nitrogens with one attached hydrogen (secondary N) is 1. The minimum Gasteiger partial charge on any atom is -0.370 e. The van der Waals surface area contributed by atoms with Crippen LogP contribution in [0.1, 0.15) is 25.7 Å². The van der Waals surface area contributed by atoms with Crippen molar-refractivity contribution < 1.29 is 4.79 Å². The lowest BCUT2D eigenvalue weighted by Crippen LogP contribution is -2.52. The molecule has 0 aromatic carbocycles. The van der Waals surface area contributed by atoms with Crippen LogP contribution in [-0.2, 0) is 4.79 Å². The van der Waals surface area contributed by atoms with Crippen LogP contribution in [0.15, 0.2) is 0 Å². The Hall–Kier alpha value is -0.610. The van der Waals surface area contributed by atoms with Crippen LogP contribution in [0.4, 0.5) is 0 Å². The average molecular weight is 199 g/mol. The molecule has 1 saturated heterocycles. The van der Waals surface area contributed by atoms with E-state index in [0.717, 1.165) is 19.5 Å². The maximum atomic E-state index is 11.0. The van der Waals surface area contributed by atoms with E-state index in [0.29, 0.717) is 6.42 Å². The second kappa shape index (κ2) is 4.75. The number of likely N-dealkylation sites (tertiary alicyclic amines) is 1. The molecule has 0 saturated carbocycles. The highest BCUT2D eigenvalue weighted by atomic mass is 16.1. The fraction of sp³-hybridized carbons (Fsp3) is 0.900. The Morgan fingerprint density at radius 2 is 2.29 bits per heavy atom. The van der Waals surface area contributed by atoms with E-state index in [1.165, 1.54) is 12.8 Å². The lowest BCUT2D eigenvalue weighted by atomic mass is 9.89. The number of hydrogen-bond acceptors (Lipinski definition) is 3. The Morgan fingerprint density at radius 3 is 2.86 bits per heavy atom. The van der Waals surface area contributed by atoms with E-state index in [1.807, 2.05) is 7.05 Å². The first-order valence-corrected chi connectivity index (χ1v) is 5.24. The second-order valence-electron chi connectivity index (χ2n) is 4.37. The van der Waals surface area contributed by atoms with Gasteiger partial charge in [-0.25, -0.2) is 0 Å². The van der Waals surface area contributed by atoms with Crippen molar-refractivity contribution in [2.24, 2.45) is 5.73 Å². The van der Waals surface area contributed by atoms with Crippen LogP contribution < -0.4 is 11.1 Å². The summed E-state index contributed by atoms with van der Waals surface area (Å²) in [6, 6.07) is 0. The summed E-state index contributed by atoms with van der Waals surface area (Å²) in [5.41, 5.74) is 5.18. The predicted molar refractivity (Wildman–Crippen MR) is 57.0 cm³/mol. The van der Waals surface area contributed by atoms with Gasteiger partial charge in [-0.05, 0) is 33.5 Å². The van der Waals surface area contributed by atoms with Crippen molar-refractivity contribution in [1.29, 1.82) is 0 Å². The smallest absolute Gasteiger partial charge is 0.219 e. The van der Waals surface area contributed by atoms with Gasteiger partial charge in [0.05, 0.1) is 0 Å². The molecule has 0 aromatic heterocycles. The van der Waals surface area contributed by atoms with Gasteiger partial charge >= 0.3 is 0 Å². The fourth-order valence-electron chi connectivity index (χ4n) is 2.29. The van der Waals surface area contributed by atoms with Crippen LogP contribution in [0.3, 0.4) is 0 Å². The van der Waals surface area contributed by atoms with Gasteiger partial charge in [0.1, 0.15) is 0 Å². The number of primary amides is 1. The van der Waals surface area contributed by atoms with Crippen LogP contribution in [0, 0.1) is 0 Å². The molecule has 1 unspecified atom stereocenters. The van der Waals surface area contributed by atoms with E-state index in [4.69, 9.17) is 5.73 Å². The molecule has 1 heterocycles. The number of nitrogens with zero attached hydrogens (tertiary/aromatic N) is 1. The molecule has 1 atom stereocenters. The lowest BCUT2D eigenvalue weighted by molar-refractivity contribution is -0.119. The molecule has 4 nitrogen and oxygen atoms in total. The van der Waals surface area contributed by atoms with Crippen LogP contribution in [0.5, 0.6) is 0 Å². The molecule has 0 spiro atoms. The molecule has 14 heavy (non-hydrogen) atoms. The van der Waals surface area contributed by atoms with E-state index in [2.05, 4.69) is 17.3 Å². The third kappa shape index (κ3) is 2.96. The van der Waals surface area contributed by atoms with E-state index >= 15 is 0 Å². The first-order valence-electron chi connectivity index (χ1n) is 5.24. The molecule has 1 rings (SSSR count). The normalized spacial score (nSPS) is 29.9. The van der Waals surface area contributed by atoms with Crippen molar-refractivity contribution in [1.82, 2.24) is 10.2 Å². The summed E-state index contributed by atoms with van der Waals surface area (Å²) in [4.78, 5) is 13.3. The van der Waals surface area contributed by atoms with Gasteiger partial charge in [-0.3, -0.25) is 4.79 Å². The maximum Gasteiger partial charge on any atom is 0.219 e. The molecule has 0 bridgehead atoms. The Morgan fingerprint density at radius 1 is 1.57 bits per heavy atom. The standard InChI is InChI=1S/C10H21N3O/c1-12-10(7-9(11)14)5-3-4-6-13(2)8-10/h12H,3-8H2,1-2H3,(H2,11,14). The number of hydrogen-bond donors (Lipinski definition) is 2. The van der Waals surface area contributed by atoms with E-state index in [1.54, 1.807) is 0 Å². The van der Waals surface area contributed by atoms with Crippen molar-refractivity contribution in [3.05, 3.63) is 0 Å². The minimum absolute atomic E-state index is 0.100. The molecule has 0 radical (unpaired) electrons. The van der Waals surface area contributed by atoms with Crippen molar-refractivity contribution >= 4 is 5.91 Å². The molecule has 1 aliphatic heterocycles. The van der Waals surface area contributed by atoms with Gasteiger partial charge in [-0.15, -0.1) is 0 Å². The van der Waals surface area contributed by atoms with Crippen LogP contribution in [-0.4, -0.2) is 43.5 Å². The quantitative estimate of drug-likeness (QED) is 0.669. The van der Waals surface area contributed by atoms with Gasteiger partial charge in [0.15, 0.2) is 0 Å². The van der Waals surface area contributed by atoms with Crippen molar-refractivity contribution in [3.8, 4) is 0 Å². The molecular weight excluding hydrogens is 178 g/mol. The van der Waals surface area contributed by atoms with Crippen molar-refractivity contribution in [3.63, 3.8) is 0 Å². The molecular formula is C10H21N3O. The maximum absolute atomic E-state index is 11.0. The van der Waals surface area contributed by atoms with E-state index in [-0.39, 0.29) is 11.4 Å². The van der Waals surface area contributed by atoms with Crippen molar-refractivity contribution in [2.45, 2.75) is 31.2 Å². The highest BCUT2D eigenvalue weighted by Crippen LogP contribution is 2.22. The highest BCUT2D eigenvalue weighted by molar-refractivity contribution is 5.75. The zero-order chi connectivity index (χ0) is 10.6. The summed E-state index contributed by atoms with van der Waals surface area (Å²) < 4.78 is 0. The summed E-state index contributed by atoms with van der Waals surface area (Å²) >= 11 is 0. The predicted octanol–water partition coefficient (Wildman–Crippen LogP) is -0.0643. The first kappa shape index (κ1) is 11.5. The molecule has 0 aliphatic carbocycles. The summed E-state index contributed by atoms with van der Waals surface area (Å²) in [5.74, 6) is -0.213. The van der Waals surface area contributed by atoms with Gasteiger partial charge < -0.3 is 16.0 Å². The van der Waals surface area contributed by atoms with Crippen LogP contribution >= 0.6 is 0 Å². The molecule has 1 aliphatic rings. The number of carbonyl (C=O) groups excluding carboxylic acids is 1. The first-order chi connectivity index (χ1) is 6.58. The zero-order valence-corrected chi connectivity index (χ0v) is 9.18. The molecule has 3 N–H and O–H groups in total. The van der Waals surface area contributed by atoms with Gasteiger partial charge in [0.25, 0.3) is 0 Å². The molecule has 1 amide bonds. The topological polar surface area (TPSA) is 58.4 Å². The molecule has 82 valence electrons. The number of carbonyl (C=O) groups is 1. The highest BCUT2D eigenvalue weighted by Gasteiger charge is 2.32. The number of amides is 1. The van der Waals surface area contributed by atoms with Crippen LogP contribution in [0.25, 0.3) is 0 Å².